The summed E-state index contributed by atoms with van der Waals surface area (Å²) >= 11 is 0. The molecule has 0 fully saturated rings. The van der Waals surface area contributed by atoms with Gasteiger partial charge >= 0.3 is 0 Å². The molecule has 1 heterocycles. The van der Waals surface area contributed by atoms with Crippen LogP contribution in [0.5, 0.6) is 0 Å². The molecule has 0 saturated carbocycles. The van der Waals surface area contributed by atoms with E-state index in [1.165, 1.54) is 28.3 Å². The van der Waals surface area contributed by atoms with E-state index < -0.39 is 10.0 Å². The molecule has 0 unspecified atom stereocenters. The van der Waals surface area contributed by atoms with Crippen LogP contribution in [0.25, 0.3) is 0 Å². The summed E-state index contributed by atoms with van der Waals surface area (Å²) in [5.74, 6) is 0. The fourth-order valence-electron chi connectivity index (χ4n) is 1.61. The first-order valence-electron chi connectivity index (χ1n) is 5.25. The van der Waals surface area contributed by atoms with Gasteiger partial charge in [0.2, 0.25) is 0 Å². The van der Waals surface area contributed by atoms with Crippen LogP contribution in [0.4, 0.5) is 11.4 Å². The SMILES string of the molecule is CN(c1cccc(N)c1)S(=O)(=O)c1ccnn1C. The highest BCUT2D eigenvalue weighted by Gasteiger charge is 2.24. The van der Waals surface area contributed by atoms with E-state index in [-0.39, 0.29) is 5.03 Å². The number of rotatable bonds is 3. The standard InChI is InChI=1S/C11H14N4O2S/c1-14-11(6-7-13-14)18(16,17)15(2)10-5-3-4-9(12)8-10/h3-8H,12H2,1-2H3. The van der Waals surface area contributed by atoms with Gasteiger partial charge in [0.1, 0.15) is 0 Å². The maximum absolute atomic E-state index is 12.4. The quantitative estimate of drug-likeness (QED) is 0.834. The summed E-state index contributed by atoms with van der Waals surface area (Å²) < 4.78 is 27.2. The van der Waals surface area contributed by atoms with Crippen molar-refractivity contribution in [1.82, 2.24) is 9.78 Å². The molecule has 0 aliphatic rings. The second-order valence-corrected chi connectivity index (χ2v) is 5.78. The zero-order valence-electron chi connectivity index (χ0n) is 10.1. The topological polar surface area (TPSA) is 81.2 Å². The van der Waals surface area contributed by atoms with Crippen molar-refractivity contribution in [3.8, 4) is 0 Å². The molecule has 0 amide bonds. The predicted molar refractivity (Wildman–Crippen MR) is 69.7 cm³/mol. The Morgan fingerprint density at radius 3 is 2.61 bits per heavy atom. The van der Waals surface area contributed by atoms with Crippen molar-refractivity contribution in [2.75, 3.05) is 17.1 Å². The normalized spacial score (nSPS) is 11.4. The monoisotopic (exact) mass is 266 g/mol. The Balaban J connectivity index is 2.46. The van der Waals surface area contributed by atoms with Gasteiger partial charge in [-0.3, -0.25) is 8.99 Å². The molecule has 18 heavy (non-hydrogen) atoms. The third-order valence-corrected chi connectivity index (χ3v) is 4.50. The molecule has 96 valence electrons. The minimum atomic E-state index is -3.62. The smallest absolute Gasteiger partial charge is 0.281 e. The number of nitrogen functional groups attached to an aromatic ring is 1. The van der Waals surface area contributed by atoms with Crippen LogP contribution in [-0.4, -0.2) is 25.2 Å². The fraction of sp³-hybridized carbons (Fsp3) is 0.182. The highest BCUT2D eigenvalue weighted by atomic mass is 32.2. The van der Waals surface area contributed by atoms with Crippen LogP contribution in [0.1, 0.15) is 0 Å². The van der Waals surface area contributed by atoms with Gasteiger partial charge in [-0.05, 0) is 24.3 Å². The van der Waals surface area contributed by atoms with E-state index in [0.29, 0.717) is 11.4 Å². The molecule has 1 aromatic carbocycles. The Bertz CT molecular complexity index is 663. The van der Waals surface area contributed by atoms with E-state index in [1.54, 1.807) is 31.3 Å². The lowest BCUT2D eigenvalue weighted by Crippen LogP contribution is -2.28. The van der Waals surface area contributed by atoms with E-state index in [0.717, 1.165) is 0 Å². The summed E-state index contributed by atoms with van der Waals surface area (Å²) in [7, 11) is -0.551. The average molecular weight is 266 g/mol. The van der Waals surface area contributed by atoms with Crippen molar-refractivity contribution in [2.45, 2.75) is 5.03 Å². The van der Waals surface area contributed by atoms with Crippen LogP contribution in [0.3, 0.4) is 0 Å². The summed E-state index contributed by atoms with van der Waals surface area (Å²) in [6.45, 7) is 0. The minimum Gasteiger partial charge on any atom is -0.399 e. The van der Waals surface area contributed by atoms with E-state index in [2.05, 4.69) is 5.10 Å². The van der Waals surface area contributed by atoms with Crippen LogP contribution >= 0.6 is 0 Å². The molecule has 1 aromatic heterocycles. The molecule has 0 aliphatic carbocycles. The van der Waals surface area contributed by atoms with Crippen LogP contribution < -0.4 is 10.0 Å². The Morgan fingerprint density at radius 1 is 1.33 bits per heavy atom. The molecule has 2 N–H and O–H groups in total. The van der Waals surface area contributed by atoms with Crippen LogP contribution in [0, 0.1) is 0 Å². The van der Waals surface area contributed by atoms with Crippen LogP contribution in [-0.2, 0) is 17.1 Å². The molecule has 2 aromatic rings. The molecule has 0 radical (unpaired) electrons. The summed E-state index contributed by atoms with van der Waals surface area (Å²) in [5, 5.41) is 3.99. The van der Waals surface area contributed by atoms with Gasteiger partial charge in [0.25, 0.3) is 10.0 Å². The second kappa shape index (κ2) is 4.34. The highest BCUT2D eigenvalue weighted by molar-refractivity contribution is 7.92. The second-order valence-electron chi connectivity index (χ2n) is 3.86. The van der Waals surface area contributed by atoms with E-state index in [4.69, 9.17) is 5.73 Å². The van der Waals surface area contributed by atoms with Gasteiger partial charge in [-0.2, -0.15) is 13.5 Å². The molecule has 0 bridgehead atoms. The summed E-state index contributed by atoms with van der Waals surface area (Å²) in [4.78, 5) is 0. The van der Waals surface area contributed by atoms with Crippen molar-refractivity contribution in [2.24, 2.45) is 7.05 Å². The number of benzene rings is 1. The minimum absolute atomic E-state index is 0.132. The van der Waals surface area contributed by atoms with Crippen molar-refractivity contribution in [1.29, 1.82) is 0 Å². The summed E-state index contributed by atoms with van der Waals surface area (Å²) in [5.41, 5.74) is 6.67. The molecule has 2 rings (SSSR count). The summed E-state index contributed by atoms with van der Waals surface area (Å²) in [6, 6.07) is 8.16. The maximum atomic E-state index is 12.4. The first kappa shape index (κ1) is 12.4. The van der Waals surface area contributed by atoms with Gasteiger partial charge in [-0.1, -0.05) is 6.07 Å². The lowest BCUT2D eigenvalue weighted by molar-refractivity contribution is 0.575. The Morgan fingerprint density at radius 2 is 2.06 bits per heavy atom. The van der Waals surface area contributed by atoms with Crippen LogP contribution in [0.15, 0.2) is 41.6 Å². The first-order chi connectivity index (χ1) is 8.43. The maximum Gasteiger partial charge on any atom is 0.281 e. The predicted octanol–water partition coefficient (Wildman–Crippen LogP) is 0.827. The Labute approximate surface area is 106 Å². The largest absolute Gasteiger partial charge is 0.399 e. The highest BCUT2D eigenvalue weighted by Crippen LogP contribution is 2.22. The molecule has 0 aliphatic heterocycles. The molecule has 6 nitrogen and oxygen atoms in total. The molecular weight excluding hydrogens is 252 g/mol. The van der Waals surface area contributed by atoms with Crippen molar-refractivity contribution >= 4 is 21.4 Å². The van der Waals surface area contributed by atoms with Gasteiger partial charge in [-0.15, -0.1) is 0 Å². The number of sulfonamides is 1. The Kier molecular flexibility index (Phi) is 3.00. The van der Waals surface area contributed by atoms with Gasteiger partial charge in [0.15, 0.2) is 5.03 Å². The van der Waals surface area contributed by atoms with Crippen LogP contribution in [0.2, 0.25) is 0 Å². The lowest BCUT2D eigenvalue weighted by Gasteiger charge is -2.19. The number of nitrogens with two attached hydrogens (primary N) is 1. The zero-order valence-corrected chi connectivity index (χ0v) is 10.9. The number of anilines is 2. The van der Waals surface area contributed by atoms with E-state index >= 15 is 0 Å². The van der Waals surface area contributed by atoms with Gasteiger partial charge in [0.05, 0.1) is 11.9 Å². The first-order valence-corrected chi connectivity index (χ1v) is 6.69. The number of aryl methyl sites for hydroxylation is 1. The van der Waals surface area contributed by atoms with E-state index in [1.807, 2.05) is 0 Å². The molecule has 0 saturated heterocycles. The zero-order chi connectivity index (χ0) is 13.3. The third kappa shape index (κ3) is 2.04. The molecule has 0 atom stereocenters. The van der Waals surface area contributed by atoms with Crippen molar-refractivity contribution in [3.63, 3.8) is 0 Å². The van der Waals surface area contributed by atoms with Crippen molar-refractivity contribution < 1.29 is 8.42 Å². The van der Waals surface area contributed by atoms with Gasteiger partial charge in [-0.25, -0.2) is 0 Å². The molecule has 0 spiro atoms. The molecule has 7 heteroatoms. The number of aromatic nitrogens is 2. The number of nitrogens with zero attached hydrogens (tertiary/aromatic N) is 3. The van der Waals surface area contributed by atoms with E-state index in [9.17, 15) is 8.42 Å². The molecular formula is C11H14N4O2S. The summed E-state index contributed by atoms with van der Waals surface area (Å²) in [6.07, 6.45) is 1.44. The third-order valence-electron chi connectivity index (χ3n) is 2.63. The van der Waals surface area contributed by atoms with Gasteiger partial charge in [0, 0.05) is 19.8 Å². The van der Waals surface area contributed by atoms with Crippen molar-refractivity contribution in [3.05, 3.63) is 36.5 Å². The Hall–Kier alpha value is -2.02. The average Bonchev–Trinajstić information content (AvgIpc) is 2.75. The number of hydrogen-bond acceptors (Lipinski definition) is 4. The van der Waals surface area contributed by atoms with Gasteiger partial charge < -0.3 is 5.73 Å². The lowest BCUT2D eigenvalue weighted by atomic mass is 10.3. The fourth-order valence-corrected chi connectivity index (χ4v) is 2.90. The number of hydrogen-bond donors (Lipinski definition) is 1.